The fourth-order valence-corrected chi connectivity index (χ4v) is 2.71. The van der Waals surface area contributed by atoms with Crippen molar-refractivity contribution in [3.63, 3.8) is 0 Å². The molecule has 9 nitrogen and oxygen atoms in total. The SMILES string of the molecule is CN(CNC(=O)Cc1cc(=O)n2cn[nH]c2n1)N1CCCCC1. The summed E-state index contributed by atoms with van der Waals surface area (Å²) in [5.74, 6) is 0.176. The molecule has 3 rings (SSSR count). The predicted octanol–water partition coefficient (Wildman–Crippen LogP) is -0.633. The number of hydrogen-bond donors (Lipinski definition) is 2. The summed E-state index contributed by atoms with van der Waals surface area (Å²) in [6.07, 6.45) is 5.08. The van der Waals surface area contributed by atoms with Gasteiger partial charge in [0, 0.05) is 26.2 Å². The molecule has 1 aliphatic heterocycles. The van der Waals surface area contributed by atoms with Gasteiger partial charge in [-0.2, -0.15) is 5.10 Å². The third-order valence-corrected chi connectivity index (χ3v) is 4.00. The van der Waals surface area contributed by atoms with E-state index in [9.17, 15) is 9.59 Å². The number of hydrogen-bond acceptors (Lipinski definition) is 6. The average molecular weight is 319 g/mol. The number of piperidine rings is 1. The Morgan fingerprint density at radius 1 is 1.39 bits per heavy atom. The van der Waals surface area contributed by atoms with Crippen LogP contribution in [0, 0.1) is 0 Å². The lowest BCUT2D eigenvalue weighted by atomic mass is 10.2. The lowest BCUT2D eigenvalue weighted by Crippen LogP contribution is -2.48. The van der Waals surface area contributed by atoms with Crippen molar-refractivity contribution in [2.24, 2.45) is 0 Å². The molecule has 3 heterocycles. The first-order chi connectivity index (χ1) is 11.1. The molecule has 0 bridgehead atoms. The minimum Gasteiger partial charge on any atom is -0.342 e. The maximum absolute atomic E-state index is 12.1. The molecule has 1 fully saturated rings. The summed E-state index contributed by atoms with van der Waals surface area (Å²) < 4.78 is 1.30. The number of aromatic nitrogens is 4. The van der Waals surface area contributed by atoms with Gasteiger partial charge in [0.2, 0.25) is 11.7 Å². The Balaban J connectivity index is 1.54. The van der Waals surface area contributed by atoms with Gasteiger partial charge in [0.05, 0.1) is 18.8 Å². The van der Waals surface area contributed by atoms with E-state index in [2.05, 4.69) is 25.5 Å². The predicted molar refractivity (Wildman–Crippen MR) is 83.5 cm³/mol. The number of carbonyl (C=O) groups is 1. The molecule has 0 atom stereocenters. The van der Waals surface area contributed by atoms with E-state index in [-0.39, 0.29) is 17.9 Å². The highest BCUT2D eigenvalue weighted by atomic mass is 16.2. The van der Waals surface area contributed by atoms with Crippen LogP contribution in [0.1, 0.15) is 25.0 Å². The largest absolute Gasteiger partial charge is 0.342 e. The van der Waals surface area contributed by atoms with Crippen LogP contribution >= 0.6 is 0 Å². The van der Waals surface area contributed by atoms with Crippen molar-refractivity contribution in [3.05, 3.63) is 28.4 Å². The summed E-state index contributed by atoms with van der Waals surface area (Å²) in [4.78, 5) is 28.1. The first kappa shape index (κ1) is 15.6. The van der Waals surface area contributed by atoms with Gasteiger partial charge in [-0.15, -0.1) is 0 Å². The van der Waals surface area contributed by atoms with Crippen LogP contribution in [-0.2, 0) is 11.2 Å². The van der Waals surface area contributed by atoms with Crippen molar-refractivity contribution in [1.82, 2.24) is 34.9 Å². The molecule has 0 spiro atoms. The summed E-state index contributed by atoms with van der Waals surface area (Å²) in [6, 6.07) is 1.36. The van der Waals surface area contributed by atoms with Crippen LogP contribution in [0.4, 0.5) is 0 Å². The monoisotopic (exact) mass is 319 g/mol. The maximum Gasteiger partial charge on any atom is 0.260 e. The highest BCUT2D eigenvalue weighted by Crippen LogP contribution is 2.09. The van der Waals surface area contributed by atoms with E-state index < -0.39 is 0 Å². The van der Waals surface area contributed by atoms with E-state index in [1.54, 1.807) is 0 Å². The molecule has 0 radical (unpaired) electrons. The zero-order valence-electron chi connectivity index (χ0n) is 13.2. The minimum absolute atomic E-state index is 0.0681. The number of H-pyrrole nitrogens is 1. The van der Waals surface area contributed by atoms with Gasteiger partial charge < -0.3 is 5.32 Å². The third-order valence-electron chi connectivity index (χ3n) is 4.00. The topological polar surface area (TPSA) is 98.6 Å². The number of carbonyl (C=O) groups excluding carboxylic acids is 1. The van der Waals surface area contributed by atoms with Gasteiger partial charge >= 0.3 is 0 Å². The first-order valence-corrected chi connectivity index (χ1v) is 7.78. The normalized spacial score (nSPS) is 16.1. The number of fused-ring (bicyclic) bond motifs is 1. The highest BCUT2D eigenvalue weighted by molar-refractivity contribution is 5.78. The maximum atomic E-state index is 12.1. The molecule has 9 heteroatoms. The minimum atomic E-state index is -0.253. The Labute approximate surface area is 133 Å². The second-order valence-corrected chi connectivity index (χ2v) is 5.74. The first-order valence-electron chi connectivity index (χ1n) is 7.78. The molecule has 1 amide bonds. The molecule has 1 aliphatic rings. The summed E-state index contributed by atoms with van der Waals surface area (Å²) >= 11 is 0. The fraction of sp³-hybridized carbons (Fsp3) is 0.571. The molecular formula is C14H21N7O2. The average Bonchev–Trinajstić information content (AvgIpc) is 3.02. The van der Waals surface area contributed by atoms with Crippen molar-refractivity contribution in [1.29, 1.82) is 0 Å². The Morgan fingerprint density at radius 2 is 2.17 bits per heavy atom. The quantitative estimate of drug-likeness (QED) is 0.712. The zero-order valence-corrected chi connectivity index (χ0v) is 13.2. The third kappa shape index (κ3) is 3.74. The van der Waals surface area contributed by atoms with Crippen molar-refractivity contribution in [3.8, 4) is 0 Å². The van der Waals surface area contributed by atoms with E-state index in [0.717, 1.165) is 13.1 Å². The van der Waals surface area contributed by atoms with Crippen LogP contribution in [0.3, 0.4) is 0 Å². The van der Waals surface area contributed by atoms with E-state index in [4.69, 9.17) is 0 Å². The number of nitrogens with zero attached hydrogens (tertiary/aromatic N) is 5. The second-order valence-electron chi connectivity index (χ2n) is 5.74. The van der Waals surface area contributed by atoms with Gasteiger partial charge in [-0.05, 0) is 12.8 Å². The van der Waals surface area contributed by atoms with Crippen LogP contribution in [0.2, 0.25) is 0 Å². The Morgan fingerprint density at radius 3 is 2.96 bits per heavy atom. The molecule has 2 aromatic heterocycles. The summed E-state index contributed by atoms with van der Waals surface area (Å²) in [5, 5.41) is 13.5. The second kappa shape index (κ2) is 6.88. The molecule has 0 unspecified atom stereocenters. The number of aromatic amines is 1. The van der Waals surface area contributed by atoms with Gasteiger partial charge in [-0.25, -0.2) is 24.5 Å². The molecule has 2 aromatic rings. The van der Waals surface area contributed by atoms with Gasteiger partial charge in [-0.1, -0.05) is 6.42 Å². The molecule has 23 heavy (non-hydrogen) atoms. The van der Waals surface area contributed by atoms with Crippen LogP contribution in [0.25, 0.3) is 5.78 Å². The van der Waals surface area contributed by atoms with E-state index >= 15 is 0 Å². The van der Waals surface area contributed by atoms with E-state index in [0.29, 0.717) is 18.1 Å². The van der Waals surface area contributed by atoms with Gasteiger partial charge in [0.15, 0.2) is 0 Å². The molecular weight excluding hydrogens is 298 g/mol. The van der Waals surface area contributed by atoms with Crippen LogP contribution in [0.5, 0.6) is 0 Å². The van der Waals surface area contributed by atoms with Crippen molar-refractivity contribution >= 4 is 11.7 Å². The molecule has 2 N–H and O–H groups in total. The summed E-state index contributed by atoms with van der Waals surface area (Å²) in [6.45, 7) is 2.51. The lowest BCUT2D eigenvalue weighted by molar-refractivity contribution is -0.122. The lowest BCUT2D eigenvalue weighted by Gasteiger charge is -2.34. The van der Waals surface area contributed by atoms with Gasteiger partial charge in [0.1, 0.15) is 6.33 Å². The Bertz CT molecular complexity index is 732. The van der Waals surface area contributed by atoms with Crippen LogP contribution in [-0.4, -0.2) is 62.3 Å². The standard InChI is InChI=1S/C14H21N7O2/c1-19(20-5-3-2-4-6-20)9-15-12(22)7-11-8-13(23)21-10-16-18-14(21)17-11/h8,10H,2-7,9H2,1H3,(H,15,22)(H,17,18). The van der Waals surface area contributed by atoms with Crippen LogP contribution < -0.4 is 10.9 Å². The van der Waals surface area contributed by atoms with Gasteiger partial charge in [-0.3, -0.25) is 9.59 Å². The summed E-state index contributed by atoms with van der Waals surface area (Å²) in [7, 11) is 1.97. The number of nitrogens with one attached hydrogen (secondary N) is 2. The number of rotatable bonds is 5. The van der Waals surface area contributed by atoms with Crippen LogP contribution in [0.15, 0.2) is 17.2 Å². The van der Waals surface area contributed by atoms with Gasteiger partial charge in [0.25, 0.3) is 5.56 Å². The molecule has 0 aromatic carbocycles. The number of amides is 1. The molecule has 0 saturated carbocycles. The molecule has 124 valence electrons. The Kier molecular flexibility index (Phi) is 4.68. The summed E-state index contributed by atoms with van der Waals surface area (Å²) in [5.41, 5.74) is 0.175. The fourth-order valence-electron chi connectivity index (χ4n) is 2.71. The molecule has 1 saturated heterocycles. The van der Waals surface area contributed by atoms with E-state index in [1.807, 2.05) is 12.1 Å². The zero-order chi connectivity index (χ0) is 16.2. The smallest absolute Gasteiger partial charge is 0.260 e. The highest BCUT2D eigenvalue weighted by Gasteiger charge is 2.15. The molecule has 0 aliphatic carbocycles. The Hall–Kier alpha value is -2.26. The number of hydrazine groups is 1. The van der Waals surface area contributed by atoms with Crippen molar-refractivity contribution in [2.75, 3.05) is 26.8 Å². The van der Waals surface area contributed by atoms with E-state index in [1.165, 1.54) is 36.1 Å². The van der Waals surface area contributed by atoms with Crippen molar-refractivity contribution in [2.45, 2.75) is 25.7 Å². The van der Waals surface area contributed by atoms with Crippen molar-refractivity contribution < 1.29 is 4.79 Å².